The van der Waals surface area contributed by atoms with Gasteiger partial charge in [0.25, 0.3) is 0 Å². The molecule has 2 saturated carbocycles. The van der Waals surface area contributed by atoms with Crippen LogP contribution < -0.4 is 10.6 Å². The second-order valence-corrected chi connectivity index (χ2v) is 8.32. The van der Waals surface area contributed by atoms with Gasteiger partial charge in [-0.05, 0) is 56.1 Å². The van der Waals surface area contributed by atoms with Gasteiger partial charge < -0.3 is 5.32 Å². The number of imide groups is 1. The van der Waals surface area contributed by atoms with Crippen LogP contribution in [0.15, 0.2) is 23.4 Å². The number of hydrogen-bond acceptors (Lipinski definition) is 4. The van der Waals surface area contributed by atoms with Gasteiger partial charge in [-0.25, -0.2) is 9.78 Å². The van der Waals surface area contributed by atoms with E-state index in [0.29, 0.717) is 11.8 Å². The van der Waals surface area contributed by atoms with E-state index in [9.17, 15) is 22.8 Å². The third-order valence-corrected chi connectivity index (χ3v) is 6.41. The Morgan fingerprint density at radius 2 is 2.07 bits per heavy atom. The number of carbonyl (C=O) groups is 2. The lowest BCUT2D eigenvalue weighted by Gasteiger charge is -2.28. The number of urea groups is 1. The molecular weight excluding hydrogens is 379 g/mol. The Hall–Kier alpha value is -1.77. The van der Waals surface area contributed by atoms with Gasteiger partial charge in [0, 0.05) is 12.2 Å². The van der Waals surface area contributed by atoms with E-state index in [4.69, 9.17) is 0 Å². The summed E-state index contributed by atoms with van der Waals surface area (Å²) < 4.78 is 37.5. The second kappa shape index (κ2) is 8.08. The number of rotatable bonds is 5. The van der Waals surface area contributed by atoms with Gasteiger partial charge in [0.1, 0.15) is 0 Å². The molecule has 1 heterocycles. The van der Waals surface area contributed by atoms with Crippen LogP contribution in [0, 0.1) is 17.8 Å². The van der Waals surface area contributed by atoms with E-state index in [2.05, 4.69) is 15.6 Å². The molecule has 4 atom stereocenters. The molecule has 2 N–H and O–H groups in total. The van der Waals surface area contributed by atoms with Crippen LogP contribution in [-0.2, 0) is 11.0 Å². The number of nitrogens with zero attached hydrogens (tertiary/aromatic N) is 1. The molecule has 1 aromatic rings. The van der Waals surface area contributed by atoms with Crippen LogP contribution in [0.2, 0.25) is 0 Å². The molecule has 0 unspecified atom stereocenters. The molecule has 2 aliphatic rings. The van der Waals surface area contributed by atoms with Crippen molar-refractivity contribution >= 4 is 23.7 Å². The van der Waals surface area contributed by atoms with Crippen molar-refractivity contribution in [2.45, 2.75) is 49.9 Å². The van der Waals surface area contributed by atoms with Crippen LogP contribution in [-0.4, -0.2) is 28.7 Å². The lowest BCUT2D eigenvalue weighted by Crippen LogP contribution is -2.47. The van der Waals surface area contributed by atoms with E-state index in [1.54, 1.807) is 0 Å². The molecule has 0 spiro atoms. The first-order valence-corrected chi connectivity index (χ1v) is 9.97. The minimum atomic E-state index is -4.44. The van der Waals surface area contributed by atoms with Gasteiger partial charge in [-0.3, -0.25) is 10.1 Å². The SMILES string of the molecule is C[C@@H](NC(=O)NC(=O)CSc1ccc(C(F)(F)F)cn1)[C@H]1C[C@H]2CC[C@H]1C2. The number of pyridine rings is 1. The molecule has 2 aliphatic carbocycles. The number of hydrogen-bond donors (Lipinski definition) is 2. The average molecular weight is 401 g/mol. The largest absolute Gasteiger partial charge is 0.417 e. The van der Waals surface area contributed by atoms with Crippen molar-refractivity contribution in [3.63, 3.8) is 0 Å². The Bertz CT molecular complexity index is 696. The first-order chi connectivity index (χ1) is 12.7. The van der Waals surface area contributed by atoms with Gasteiger partial charge in [-0.15, -0.1) is 0 Å². The number of carbonyl (C=O) groups excluding carboxylic acids is 2. The van der Waals surface area contributed by atoms with Crippen molar-refractivity contribution in [2.24, 2.45) is 17.8 Å². The maximum atomic E-state index is 12.5. The summed E-state index contributed by atoms with van der Waals surface area (Å²) in [6.45, 7) is 1.97. The number of nitrogens with one attached hydrogen (secondary N) is 2. The van der Waals surface area contributed by atoms with Crippen LogP contribution >= 0.6 is 11.8 Å². The summed E-state index contributed by atoms with van der Waals surface area (Å²) in [5, 5.41) is 5.39. The van der Waals surface area contributed by atoms with Crippen molar-refractivity contribution in [3.8, 4) is 0 Å². The Morgan fingerprint density at radius 1 is 1.30 bits per heavy atom. The summed E-state index contributed by atoms with van der Waals surface area (Å²) in [4.78, 5) is 27.6. The highest BCUT2D eigenvalue weighted by molar-refractivity contribution is 7.99. The standard InChI is InChI=1S/C18H22F3N3O2S/c1-10(14-7-11-2-3-12(14)6-11)23-17(26)24-15(25)9-27-16-5-4-13(8-22-16)18(19,20)21/h4-5,8,10-12,14H,2-3,6-7,9H2,1H3,(H2,23,24,25,26)/t10-,11+,12+,14-/m1/s1. The molecule has 1 aromatic heterocycles. The minimum absolute atomic E-state index is 0.0114. The van der Waals surface area contributed by atoms with E-state index < -0.39 is 23.7 Å². The molecule has 27 heavy (non-hydrogen) atoms. The Morgan fingerprint density at radius 3 is 2.63 bits per heavy atom. The molecule has 3 rings (SSSR count). The summed E-state index contributed by atoms with van der Waals surface area (Å²) in [6.07, 6.45) is 1.17. The van der Waals surface area contributed by atoms with Crippen LogP contribution in [0.1, 0.15) is 38.2 Å². The van der Waals surface area contributed by atoms with Crippen LogP contribution in [0.25, 0.3) is 0 Å². The third kappa shape index (κ3) is 5.15. The molecule has 3 amide bonds. The molecule has 9 heteroatoms. The van der Waals surface area contributed by atoms with Crippen molar-refractivity contribution in [2.75, 3.05) is 5.75 Å². The zero-order valence-electron chi connectivity index (χ0n) is 14.9. The first kappa shape index (κ1) is 20.0. The summed E-state index contributed by atoms with van der Waals surface area (Å²) in [6, 6.07) is 1.60. The molecule has 0 aliphatic heterocycles. The molecule has 0 saturated heterocycles. The average Bonchev–Trinajstić information content (AvgIpc) is 3.22. The van der Waals surface area contributed by atoms with Gasteiger partial charge >= 0.3 is 12.2 Å². The summed E-state index contributed by atoms with van der Waals surface area (Å²) in [7, 11) is 0. The monoisotopic (exact) mass is 401 g/mol. The maximum absolute atomic E-state index is 12.5. The highest BCUT2D eigenvalue weighted by Gasteiger charge is 2.42. The van der Waals surface area contributed by atoms with Crippen LogP contribution in [0.4, 0.5) is 18.0 Å². The van der Waals surface area contributed by atoms with Gasteiger partial charge in [-0.2, -0.15) is 13.2 Å². The van der Waals surface area contributed by atoms with Crippen molar-refractivity contribution in [3.05, 3.63) is 23.9 Å². The zero-order chi connectivity index (χ0) is 19.6. The number of aromatic nitrogens is 1. The van der Waals surface area contributed by atoms with E-state index in [-0.39, 0.29) is 16.8 Å². The Kier molecular flexibility index (Phi) is 5.98. The predicted octanol–water partition coefficient (Wildman–Crippen LogP) is 3.84. The topological polar surface area (TPSA) is 71.1 Å². The fraction of sp³-hybridized carbons (Fsp3) is 0.611. The lowest BCUT2D eigenvalue weighted by atomic mass is 9.84. The normalized spacial score (nSPS) is 25.3. The lowest BCUT2D eigenvalue weighted by molar-refractivity contribution is -0.137. The summed E-state index contributed by atoms with van der Waals surface area (Å²) in [5.41, 5.74) is -0.842. The highest BCUT2D eigenvalue weighted by Crippen LogP contribution is 2.49. The van der Waals surface area contributed by atoms with Crippen LogP contribution in [0.3, 0.4) is 0 Å². The second-order valence-electron chi connectivity index (χ2n) is 7.32. The fourth-order valence-electron chi connectivity index (χ4n) is 4.19. The number of alkyl halides is 3. The predicted molar refractivity (Wildman–Crippen MR) is 95.0 cm³/mol. The Balaban J connectivity index is 1.40. The fourth-order valence-corrected chi connectivity index (χ4v) is 4.83. The summed E-state index contributed by atoms with van der Waals surface area (Å²) in [5.74, 6) is 1.30. The smallest absolute Gasteiger partial charge is 0.335 e. The van der Waals surface area contributed by atoms with Crippen molar-refractivity contribution in [1.82, 2.24) is 15.6 Å². The molecule has 2 fully saturated rings. The number of fused-ring (bicyclic) bond motifs is 2. The van der Waals surface area contributed by atoms with Crippen molar-refractivity contribution in [1.29, 1.82) is 0 Å². The molecule has 0 radical (unpaired) electrons. The maximum Gasteiger partial charge on any atom is 0.417 e. The van der Waals surface area contributed by atoms with Gasteiger partial charge in [-0.1, -0.05) is 18.2 Å². The van der Waals surface area contributed by atoms with E-state index in [0.717, 1.165) is 36.4 Å². The highest BCUT2D eigenvalue weighted by atomic mass is 32.2. The summed E-state index contributed by atoms with van der Waals surface area (Å²) >= 11 is 0.973. The quantitative estimate of drug-likeness (QED) is 0.736. The number of halogens is 3. The van der Waals surface area contributed by atoms with Gasteiger partial charge in [0.05, 0.1) is 16.3 Å². The minimum Gasteiger partial charge on any atom is -0.335 e. The first-order valence-electron chi connectivity index (χ1n) is 8.98. The van der Waals surface area contributed by atoms with Crippen molar-refractivity contribution < 1.29 is 22.8 Å². The van der Waals surface area contributed by atoms with Gasteiger partial charge in [0.2, 0.25) is 5.91 Å². The molecule has 148 valence electrons. The number of thioether (sulfide) groups is 1. The number of amides is 3. The van der Waals surface area contributed by atoms with Gasteiger partial charge in [0.15, 0.2) is 0 Å². The molecule has 0 aromatic carbocycles. The Labute approximate surface area is 159 Å². The van der Waals surface area contributed by atoms with E-state index in [1.165, 1.54) is 25.3 Å². The molecular formula is C18H22F3N3O2S. The molecule has 2 bridgehead atoms. The van der Waals surface area contributed by atoms with E-state index in [1.807, 2.05) is 6.92 Å². The molecule has 5 nitrogen and oxygen atoms in total. The zero-order valence-corrected chi connectivity index (χ0v) is 15.7. The van der Waals surface area contributed by atoms with Crippen LogP contribution in [0.5, 0.6) is 0 Å². The van der Waals surface area contributed by atoms with E-state index >= 15 is 0 Å². The third-order valence-electron chi connectivity index (χ3n) is 5.46.